The molecule has 11 heteroatoms. The van der Waals surface area contributed by atoms with Gasteiger partial charge in [-0.1, -0.05) is 6.92 Å². The first-order valence-electron chi connectivity index (χ1n) is 9.37. The van der Waals surface area contributed by atoms with Crippen LogP contribution in [0, 0.1) is 5.37 Å². The Bertz CT molecular complexity index is 1060. The van der Waals surface area contributed by atoms with E-state index in [1.54, 1.807) is 19.1 Å². The van der Waals surface area contributed by atoms with Gasteiger partial charge in [-0.25, -0.2) is 26.3 Å². The Morgan fingerprint density at radius 3 is 2.32 bits per heavy atom. The minimum atomic E-state index is -4.15. The average Bonchev–Trinajstić information content (AvgIpc) is 2.79. The molecule has 31 heavy (non-hydrogen) atoms. The molecule has 0 saturated heterocycles. The second-order valence-corrected chi connectivity index (χ2v) is 9.39. The normalized spacial score (nSPS) is 26.3. The van der Waals surface area contributed by atoms with Gasteiger partial charge in [0, 0.05) is 28.1 Å². The third-order valence-corrected chi connectivity index (χ3v) is 8.12. The van der Waals surface area contributed by atoms with Crippen LogP contribution in [0.2, 0.25) is 0 Å². The van der Waals surface area contributed by atoms with Crippen LogP contribution in [0.3, 0.4) is 0 Å². The molecular weight excluding hydrogens is 445 g/mol. The van der Waals surface area contributed by atoms with Gasteiger partial charge in [-0.3, -0.25) is 0 Å². The van der Waals surface area contributed by atoms with Crippen molar-refractivity contribution in [2.45, 2.75) is 37.2 Å². The van der Waals surface area contributed by atoms with E-state index in [1.807, 2.05) is 0 Å². The highest BCUT2D eigenvalue weighted by Gasteiger charge is 2.50. The third-order valence-electron chi connectivity index (χ3n) is 5.54. The zero-order valence-corrected chi connectivity index (χ0v) is 17.8. The predicted octanol–water partition coefficient (Wildman–Crippen LogP) is 5.52. The van der Waals surface area contributed by atoms with Crippen LogP contribution in [-0.2, 0) is 6.42 Å². The van der Waals surface area contributed by atoms with E-state index < -0.39 is 50.7 Å². The lowest BCUT2D eigenvalue weighted by atomic mass is 9.91. The maximum absolute atomic E-state index is 14.7. The van der Waals surface area contributed by atoms with Gasteiger partial charge in [0.2, 0.25) is 0 Å². The molecule has 2 N–H and O–H groups in total. The van der Waals surface area contributed by atoms with E-state index in [0.29, 0.717) is 17.1 Å². The van der Waals surface area contributed by atoms with Crippen molar-refractivity contribution in [3.8, 4) is 16.9 Å². The molecule has 0 fully saturated rings. The molecule has 1 heterocycles. The van der Waals surface area contributed by atoms with Crippen molar-refractivity contribution in [3.63, 3.8) is 0 Å². The molecule has 0 bridgehead atoms. The number of methoxy groups -OCH3 is 2. The zero-order chi connectivity index (χ0) is 23.1. The minimum Gasteiger partial charge on any atom is -0.497 e. The van der Waals surface area contributed by atoms with Crippen molar-refractivity contribution in [1.29, 1.82) is 0 Å². The topological polar surface area (TPSA) is 62.2 Å². The highest BCUT2D eigenvalue weighted by molar-refractivity contribution is 8.18. The van der Waals surface area contributed by atoms with Gasteiger partial charge in [-0.15, -0.1) is 0 Å². The van der Waals surface area contributed by atoms with Crippen molar-refractivity contribution in [2.24, 2.45) is 0 Å². The standard InChI is InChI=1S/C20H22F5NO4S/c1-4-12-14-10(7-11(29-2)8-13(14)30-3)5-6-26(12)31(28,9-27)20-18(24)16(22)15(21)17(23)19(20)25/h7-8,12,18,20,27-28H,4-6H2,1-3H3. The van der Waals surface area contributed by atoms with Crippen LogP contribution in [-0.4, -0.2) is 46.2 Å². The maximum Gasteiger partial charge on any atom is 0.196 e. The van der Waals surface area contributed by atoms with E-state index in [9.17, 15) is 31.6 Å². The van der Waals surface area contributed by atoms with Gasteiger partial charge < -0.3 is 19.1 Å². The van der Waals surface area contributed by atoms with Crippen molar-refractivity contribution in [3.05, 3.63) is 46.6 Å². The summed E-state index contributed by atoms with van der Waals surface area (Å²) in [5.41, 5.74) is 1.34. The summed E-state index contributed by atoms with van der Waals surface area (Å²) in [6, 6.07) is 2.57. The van der Waals surface area contributed by atoms with Gasteiger partial charge in [0.05, 0.1) is 25.6 Å². The lowest BCUT2D eigenvalue weighted by Gasteiger charge is -2.45. The van der Waals surface area contributed by atoms with Gasteiger partial charge in [0.25, 0.3) is 0 Å². The van der Waals surface area contributed by atoms with Crippen LogP contribution in [0.25, 0.3) is 0 Å². The highest BCUT2D eigenvalue weighted by Crippen LogP contribution is 2.56. The van der Waals surface area contributed by atoms with E-state index in [1.165, 1.54) is 19.6 Å². The largest absolute Gasteiger partial charge is 0.497 e. The van der Waals surface area contributed by atoms with Crippen molar-refractivity contribution >= 4 is 9.90 Å². The number of allylic oxidation sites excluding steroid dienone is 3. The van der Waals surface area contributed by atoms with E-state index in [4.69, 9.17) is 9.47 Å². The summed E-state index contributed by atoms with van der Waals surface area (Å²) in [5.74, 6) is -7.87. The summed E-state index contributed by atoms with van der Waals surface area (Å²) in [4.78, 5) is 0. The fraction of sp³-hybridized carbons (Fsp3) is 0.450. The van der Waals surface area contributed by atoms with Crippen molar-refractivity contribution in [2.75, 3.05) is 20.8 Å². The fourth-order valence-electron chi connectivity index (χ4n) is 4.08. The molecular formula is C20H22F5NO4S. The minimum absolute atomic E-state index is 0.0346. The number of benzene rings is 1. The van der Waals surface area contributed by atoms with Crippen LogP contribution in [0.1, 0.15) is 30.5 Å². The summed E-state index contributed by atoms with van der Waals surface area (Å²) in [5, 5.41) is 8.73. The van der Waals surface area contributed by atoms with E-state index >= 15 is 0 Å². The number of alkyl halides is 1. The second-order valence-electron chi connectivity index (χ2n) is 7.05. The number of ether oxygens (including phenoxy) is 2. The molecule has 4 atom stereocenters. The molecule has 0 saturated carbocycles. The van der Waals surface area contributed by atoms with Crippen molar-refractivity contribution < 1.29 is 41.1 Å². The molecule has 2 aliphatic rings. The Labute approximate surface area is 177 Å². The molecule has 1 aliphatic heterocycles. The summed E-state index contributed by atoms with van der Waals surface area (Å²) in [6.45, 7) is 1.68. The van der Waals surface area contributed by atoms with E-state index in [2.05, 4.69) is 0 Å². The molecule has 3 rings (SSSR count). The smallest absolute Gasteiger partial charge is 0.196 e. The van der Waals surface area contributed by atoms with Crippen LogP contribution in [0.4, 0.5) is 22.0 Å². The first kappa shape index (κ1) is 23.6. The number of aliphatic hydroxyl groups excluding tert-OH is 1. The molecule has 4 unspecified atom stereocenters. The number of aliphatic hydroxyl groups is 1. The number of hydrogen-bond acceptors (Lipinski definition) is 5. The van der Waals surface area contributed by atoms with Gasteiger partial charge in [0.1, 0.15) is 16.7 Å². The molecule has 0 aromatic heterocycles. The summed E-state index contributed by atoms with van der Waals surface area (Å²) in [7, 11) is -1.27. The Morgan fingerprint density at radius 1 is 1.13 bits per heavy atom. The van der Waals surface area contributed by atoms with Crippen molar-refractivity contribution in [1.82, 2.24) is 4.31 Å². The molecule has 1 aromatic rings. The maximum atomic E-state index is 14.7. The molecule has 0 amide bonds. The second kappa shape index (κ2) is 8.84. The Hall–Kier alpha value is -2.04. The Kier molecular flexibility index (Phi) is 6.73. The van der Waals surface area contributed by atoms with Gasteiger partial charge in [-0.2, -0.15) is 0 Å². The molecule has 0 radical (unpaired) electrons. The molecule has 1 aromatic carbocycles. The third kappa shape index (κ3) is 3.64. The zero-order valence-electron chi connectivity index (χ0n) is 17.0. The number of nitrogens with zero attached hydrogens (tertiary/aromatic N) is 1. The SMILES string of the molecule is CCC1c2c(cc(OC)cc2OC)CCN1S(O)(#CO)C1C(F)=C(F)C(F)=C(F)C1F. The molecule has 0 spiro atoms. The average molecular weight is 467 g/mol. The number of rotatable bonds is 3. The molecule has 5 nitrogen and oxygen atoms in total. The quantitative estimate of drug-likeness (QED) is 0.574. The summed E-state index contributed by atoms with van der Waals surface area (Å²) in [6.07, 6.45) is -2.53. The van der Waals surface area contributed by atoms with Crippen LogP contribution < -0.4 is 9.47 Å². The predicted molar refractivity (Wildman–Crippen MR) is 106 cm³/mol. The first-order valence-corrected chi connectivity index (χ1v) is 11.0. The first-order chi connectivity index (χ1) is 14.7. The van der Waals surface area contributed by atoms with Crippen LogP contribution >= 0.6 is 9.90 Å². The summed E-state index contributed by atoms with van der Waals surface area (Å²) < 4.78 is 93.6. The molecule has 1 aliphatic carbocycles. The fourth-order valence-corrected chi connectivity index (χ4v) is 6.45. The summed E-state index contributed by atoms with van der Waals surface area (Å²) >= 11 is 0. The lowest BCUT2D eigenvalue weighted by Crippen LogP contribution is -2.42. The van der Waals surface area contributed by atoms with Gasteiger partial charge in [0.15, 0.2) is 29.5 Å². The van der Waals surface area contributed by atoms with E-state index in [0.717, 1.165) is 9.87 Å². The van der Waals surface area contributed by atoms with Crippen LogP contribution in [0.15, 0.2) is 35.4 Å². The number of halogens is 5. The van der Waals surface area contributed by atoms with Gasteiger partial charge in [-0.05, 0) is 24.5 Å². The van der Waals surface area contributed by atoms with E-state index in [-0.39, 0.29) is 19.4 Å². The highest BCUT2D eigenvalue weighted by atomic mass is 32.2. The molecule has 172 valence electrons. The number of fused-ring (bicyclic) bond motifs is 1. The van der Waals surface area contributed by atoms with Crippen LogP contribution in [0.5, 0.6) is 11.5 Å². The Balaban J connectivity index is 2.17. The monoisotopic (exact) mass is 467 g/mol. The van der Waals surface area contributed by atoms with Gasteiger partial charge >= 0.3 is 0 Å². The lowest BCUT2D eigenvalue weighted by molar-refractivity contribution is 0.253. The Morgan fingerprint density at radius 2 is 1.77 bits per heavy atom. The number of hydrogen-bond donors (Lipinski definition) is 2.